The first-order valence-corrected chi connectivity index (χ1v) is 7.32. The van der Waals surface area contributed by atoms with E-state index in [0.717, 1.165) is 32.4 Å². The lowest BCUT2D eigenvalue weighted by Gasteiger charge is -2.29. The summed E-state index contributed by atoms with van der Waals surface area (Å²) in [6.07, 6.45) is 6.47. The van der Waals surface area contributed by atoms with Crippen molar-refractivity contribution in [2.75, 3.05) is 13.1 Å². The Labute approximate surface area is 124 Å². The molecule has 0 spiro atoms. The maximum atomic E-state index is 12.3. The molecule has 2 amide bonds. The highest BCUT2D eigenvalue weighted by molar-refractivity contribution is 5.90. The lowest BCUT2D eigenvalue weighted by Crippen LogP contribution is -2.50. The van der Waals surface area contributed by atoms with Crippen LogP contribution < -0.4 is 11.1 Å². The molecule has 2 atom stereocenters. The second-order valence-electron chi connectivity index (χ2n) is 5.54. The highest BCUT2D eigenvalue weighted by Crippen LogP contribution is 2.11. The average Bonchev–Trinajstić information content (AvgIpc) is 2.93. The van der Waals surface area contributed by atoms with Crippen molar-refractivity contribution in [3.8, 4) is 0 Å². The summed E-state index contributed by atoms with van der Waals surface area (Å²) in [6.45, 7) is 3.24. The highest BCUT2D eigenvalue weighted by Gasteiger charge is 2.26. The van der Waals surface area contributed by atoms with Gasteiger partial charge in [-0.1, -0.05) is 0 Å². The van der Waals surface area contributed by atoms with Crippen LogP contribution in [-0.4, -0.2) is 45.6 Å². The van der Waals surface area contributed by atoms with Crippen LogP contribution in [0, 0.1) is 0 Å². The zero-order chi connectivity index (χ0) is 15.4. The van der Waals surface area contributed by atoms with Crippen LogP contribution in [-0.2, 0) is 16.6 Å². The topological polar surface area (TPSA) is 93.2 Å². The van der Waals surface area contributed by atoms with Crippen LogP contribution in [0.1, 0.15) is 37.8 Å². The predicted octanol–water partition coefficient (Wildman–Crippen LogP) is -0.0629. The highest BCUT2D eigenvalue weighted by atomic mass is 16.2. The van der Waals surface area contributed by atoms with Crippen LogP contribution in [0.25, 0.3) is 0 Å². The van der Waals surface area contributed by atoms with Crippen molar-refractivity contribution in [2.45, 2.75) is 38.3 Å². The minimum Gasteiger partial charge on any atom is -0.343 e. The summed E-state index contributed by atoms with van der Waals surface area (Å²) >= 11 is 0. The summed E-state index contributed by atoms with van der Waals surface area (Å²) < 4.78 is 1.59. The Morgan fingerprint density at radius 1 is 1.33 bits per heavy atom. The van der Waals surface area contributed by atoms with Gasteiger partial charge in [-0.25, -0.2) is 0 Å². The summed E-state index contributed by atoms with van der Waals surface area (Å²) in [7, 11) is 1.76. The molecule has 2 heterocycles. The Balaban J connectivity index is 1.90. The summed E-state index contributed by atoms with van der Waals surface area (Å²) in [5.74, 6) is -0.401. The second kappa shape index (κ2) is 6.71. The number of hydrogen-bond acceptors (Lipinski definition) is 4. The molecule has 0 radical (unpaired) electrons. The molecule has 1 aliphatic heterocycles. The Hall–Kier alpha value is -1.89. The normalized spacial score (nSPS) is 18.1. The number of rotatable bonds is 4. The number of nitrogens with zero attached hydrogens (tertiary/aromatic N) is 3. The van der Waals surface area contributed by atoms with Gasteiger partial charge in [-0.15, -0.1) is 0 Å². The SMILES string of the molecule is CC(NC(=O)C(N)c1cnn(C)c1)C(=O)N1CCCCC1. The molecule has 116 valence electrons. The van der Waals surface area contributed by atoms with Crippen molar-refractivity contribution in [1.82, 2.24) is 20.0 Å². The lowest BCUT2D eigenvalue weighted by atomic mass is 10.1. The molecule has 7 nitrogen and oxygen atoms in total. The number of amides is 2. The standard InChI is InChI=1S/C14H23N5O2/c1-10(14(21)19-6-4-3-5-7-19)17-13(20)12(15)11-8-16-18(2)9-11/h8-10,12H,3-7,15H2,1-2H3,(H,17,20). The molecular formula is C14H23N5O2. The first kappa shape index (κ1) is 15.5. The van der Waals surface area contributed by atoms with Gasteiger partial charge in [0.1, 0.15) is 12.1 Å². The molecule has 1 aromatic heterocycles. The third-order valence-corrected chi connectivity index (χ3v) is 3.76. The number of nitrogens with one attached hydrogen (secondary N) is 1. The van der Waals surface area contributed by atoms with Gasteiger partial charge in [-0.2, -0.15) is 5.10 Å². The average molecular weight is 293 g/mol. The van der Waals surface area contributed by atoms with Gasteiger partial charge in [0.05, 0.1) is 6.20 Å². The number of likely N-dealkylation sites (tertiary alicyclic amines) is 1. The van der Waals surface area contributed by atoms with E-state index in [1.807, 2.05) is 4.90 Å². The van der Waals surface area contributed by atoms with Gasteiger partial charge in [0.15, 0.2) is 0 Å². The van der Waals surface area contributed by atoms with Crippen molar-refractivity contribution in [1.29, 1.82) is 0 Å². The van der Waals surface area contributed by atoms with Crippen LogP contribution >= 0.6 is 0 Å². The monoisotopic (exact) mass is 293 g/mol. The number of carbonyl (C=O) groups is 2. The van der Waals surface area contributed by atoms with Gasteiger partial charge in [0.25, 0.3) is 0 Å². The number of carbonyl (C=O) groups excluding carboxylic acids is 2. The molecule has 0 saturated carbocycles. The van der Waals surface area contributed by atoms with Crippen molar-refractivity contribution >= 4 is 11.8 Å². The predicted molar refractivity (Wildman–Crippen MR) is 78.2 cm³/mol. The zero-order valence-electron chi connectivity index (χ0n) is 12.6. The summed E-state index contributed by atoms with van der Waals surface area (Å²) in [5, 5.41) is 6.68. The molecule has 0 aromatic carbocycles. The molecule has 1 saturated heterocycles. The smallest absolute Gasteiger partial charge is 0.244 e. The van der Waals surface area contributed by atoms with E-state index in [4.69, 9.17) is 5.73 Å². The van der Waals surface area contributed by atoms with Gasteiger partial charge in [0.2, 0.25) is 11.8 Å². The molecular weight excluding hydrogens is 270 g/mol. The fourth-order valence-electron chi connectivity index (χ4n) is 2.51. The molecule has 2 rings (SSSR count). The number of piperidine rings is 1. The molecule has 7 heteroatoms. The minimum atomic E-state index is -0.810. The van der Waals surface area contributed by atoms with Gasteiger partial charge < -0.3 is 16.0 Å². The van der Waals surface area contributed by atoms with E-state index in [0.29, 0.717) is 5.56 Å². The largest absolute Gasteiger partial charge is 0.343 e. The van der Waals surface area contributed by atoms with Crippen LogP contribution in [0.5, 0.6) is 0 Å². The Morgan fingerprint density at radius 2 is 2.00 bits per heavy atom. The lowest BCUT2D eigenvalue weighted by molar-refractivity contribution is -0.137. The fraction of sp³-hybridized carbons (Fsp3) is 0.643. The van der Waals surface area contributed by atoms with E-state index in [9.17, 15) is 9.59 Å². The van der Waals surface area contributed by atoms with Crippen LogP contribution in [0.2, 0.25) is 0 Å². The Bertz CT molecular complexity index is 507. The number of aromatic nitrogens is 2. The van der Waals surface area contributed by atoms with Gasteiger partial charge >= 0.3 is 0 Å². The first-order chi connectivity index (χ1) is 9.99. The molecule has 0 aliphatic carbocycles. The molecule has 2 unspecified atom stereocenters. The quantitative estimate of drug-likeness (QED) is 0.813. The summed E-state index contributed by atoms with van der Waals surface area (Å²) in [4.78, 5) is 26.2. The molecule has 3 N–H and O–H groups in total. The van der Waals surface area contributed by atoms with Crippen LogP contribution in [0.4, 0.5) is 0 Å². The first-order valence-electron chi connectivity index (χ1n) is 7.32. The van der Waals surface area contributed by atoms with E-state index in [2.05, 4.69) is 10.4 Å². The van der Waals surface area contributed by atoms with Crippen molar-refractivity contribution in [2.24, 2.45) is 12.8 Å². The van der Waals surface area contributed by atoms with Crippen molar-refractivity contribution in [3.05, 3.63) is 18.0 Å². The molecule has 1 aromatic rings. The third-order valence-electron chi connectivity index (χ3n) is 3.76. The van der Waals surface area contributed by atoms with Crippen molar-refractivity contribution in [3.63, 3.8) is 0 Å². The van der Waals surface area contributed by atoms with E-state index < -0.39 is 12.1 Å². The van der Waals surface area contributed by atoms with E-state index in [1.54, 1.807) is 31.0 Å². The summed E-state index contributed by atoms with van der Waals surface area (Å²) in [6, 6.07) is -1.37. The van der Waals surface area contributed by atoms with Crippen molar-refractivity contribution < 1.29 is 9.59 Å². The number of aryl methyl sites for hydroxylation is 1. The maximum Gasteiger partial charge on any atom is 0.244 e. The second-order valence-corrected chi connectivity index (χ2v) is 5.54. The van der Waals surface area contributed by atoms with Crippen LogP contribution in [0.3, 0.4) is 0 Å². The van der Waals surface area contributed by atoms with E-state index >= 15 is 0 Å². The van der Waals surface area contributed by atoms with E-state index in [-0.39, 0.29) is 11.8 Å². The van der Waals surface area contributed by atoms with Crippen LogP contribution in [0.15, 0.2) is 12.4 Å². The van der Waals surface area contributed by atoms with Gasteiger partial charge in [0, 0.05) is 31.9 Å². The number of hydrogen-bond donors (Lipinski definition) is 2. The Kier molecular flexibility index (Phi) is 4.95. The molecule has 21 heavy (non-hydrogen) atoms. The molecule has 1 fully saturated rings. The summed E-state index contributed by atoms with van der Waals surface area (Å²) in [5.41, 5.74) is 6.52. The third kappa shape index (κ3) is 3.81. The zero-order valence-corrected chi connectivity index (χ0v) is 12.6. The minimum absolute atomic E-state index is 0.0403. The number of nitrogens with two attached hydrogens (primary N) is 1. The van der Waals surface area contributed by atoms with Gasteiger partial charge in [-0.3, -0.25) is 14.3 Å². The van der Waals surface area contributed by atoms with Gasteiger partial charge in [-0.05, 0) is 26.2 Å². The fourth-order valence-corrected chi connectivity index (χ4v) is 2.51. The molecule has 0 bridgehead atoms. The maximum absolute atomic E-state index is 12.3. The van der Waals surface area contributed by atoms with E-state index in [1.165, 1.54) is 0 Å². The Morgan fingerprint density at radius 3 is 2.57 bits per heavy atom. The molecule has 1 aliphatic rings.